The SMILES string of the molecule is Cc1cccc(NS(=O)(=O)c2cc(C(=O)OCC(=O)NC(=O)NC(C)C)ccc2C)c1. The first kappa shape index (κ1) is 23.9. The molecule has 166 valence electrons. The Morgan fingerprint density at radius 1 is 1.03 bits per heavy atom. The molecule has 9 nitrogen and oxygen atoms in total. The third-order valence-electron chi connectivity index (χ3n) is 3.99. The number of carbonyl (C=O) groups is 3. The second-order valence-corrected chi connectivity index (χ2v) is 8.86. The number of anilines is 1. The van der Waals surface area contributed by atoms with Crippen LogP contribution < -0.4 is 15.4 Å². The van der Waals surface area contributed by atoms with Crippen molar-refractivity contribution in [3.05, 3.63) is 59.2 Å². The normalized spacial score (nSPS) is 11.0. The van der Waals surface area contributed by atoms with Crippen molar-refractivity contribution in [2.45, 2.75) is 38.6 Å². The topological polar surface area (TPSA) is 131 Å². The highest BCUT2D eigenvalue weighted by molar-refractivity contribution is 7.92. The second kappa shape index (κ2) is 10.1. The van der Waals surface area contributed by atoms with Gasteiger partial charge in [-0.2, -0.15) is 0 Å². The number of carbonyl (C=O) groups excluding carboxylic acids is 3. The molecule has 31 heavy (non-hydrogen) atoms. The summed E-state index contributed by atoms with van der Waals surface area (Å²) in [5.41, 5.74) is 1.66. The minimum Gasteiger partial charge on any atom is -0.452 e. The van der Waals surface area contributed by atoms with Crippen LogP contribution in [0.2, 0.25) is 0 Å². The first-order valence-corrected chi connectivity index (χ1v) is 10.9. The number of imide groups is 1. The van der Waals surface area contributed by atoms with Crippen molar-refractivity contribution in [1.82, 2.24) is 10.6 Å². The predicted molar refractivity (Wildman–Crippen MR) is 115 cm³/mol. The number of amides is 3. The van der Waals surface area contributed by atoms with Gasteiger partial charge in [0.2, 0.25) is 0 Å². The summed E-state index contributed by atoms with van der Waals surface area (Å²) in [6.07, 6.45) is 0. The zero-order valence-electron chi connectivity index (χ0n) is 17.7. The number of nitrogens with one attached hydrogen (secondary N) is 3. The highest BCUT2D eigenvalue weighted by Crippen LogP contribution is 2.21. The van der Waals surface area contributed by atoms with Crippen LogP contribution in [0.3, 0.4) is 0 Å². The van der Waals surface area contributed by atoms with E-state index in [2.05, 4.69) is 10.0 Å². The van der Waals surface area contributed by atoms with Gasteiger partial charge < -0.3 is 10.1 Å². The average molecular weight is 448 g/mol. The molecule has 0 spiro atoms. The fraction of sp³-hybridized carbons (Fsp3) is 0.286. The van der Waals surface area contributed by atoms with Crippen LogP contribution in [0.4, 0.5) is 10.5 Å². The summed E-state index contributed by atoms with van der Waals surface area (Å²) in [5, 5.41) is 4.48. The Hall–Kier alpha value is -3.40. The molecule has 2 rings (SSSR count). The summed E-state index contributed by atoms with van der Waals surface area (Å²) in [7, 11) is -3.97. The molecule has 0 fully saturated rings. The van der Waals surface area contributed by atoms with E-state index in [1.54, 1.807) is 39.0 Å². The van der Waals surface area contributed by atoms with Gasteiger partial charge >= 0.3 is 12.0 Å². The van der Waals surface area contributed by atoms with E-state index < -0.39 is 34.5 Å². The van der Waals surface area contributed by atoms with Crippen molar-refractivity contribution in [2.24, 2.45) is 0 Å². The summed E-state index contributed by atoms with van der Waals surface area (Å²) in [4.78, 5) is 35.4. The maximum Gasteiger partial charge on any atom is 0.338 e. The lowest BCUT2D eigenvalue weighted by molar-refractivity contribution is -0.123. The van der Waals surface area contributed by atoms with Gasteiger partial charge in [-0.3, -0.25) is 14.8 Å². The summed E-state index contributed by atoms with van der Waals surface area (Å²) in [5.74, 6) is -1.71. The zero-order chi connectivity index (χ0) is 23.2. The maximum absolute atomic E-state index is 12.8. The molecule has 0 aromatic heterocycles. The fourth-order valence-electron chi connectivity index (χ4n) is 2.61. The number of esters is 1. The third kappa shape index (κ3) is 7.10. The monoisotopic (exact) mass is 447 g/mol. The van der Waals surface area contributed by atoms with Crippen LogP contribution in [-0.2, 0) is 19.6 Å². The third-order valence-corrected chi connectivity index (χ3v) is 5.51. The lowest BCUT2D eigenvalue weighted by atomic mass is 10.1. The van der Waals surface area contributed by atoms with Gasteiger partial charge in [-0.05, 0) is 63.1 Å². The van der Waals surface area contributed by atoms with Gasteiger partial charge in [0.25, 0.3) is 15.9 Å². The standard InChI is InChI=1S/C21H25N3O6S/c1-13(2)22-21(27)23-19(25)12-30-20(26)16-9-8-15(4)18(11-16)31(28,29)24-17-7-5-6-14(3)10-17/h5-11,13,24H,12H2,1-4H3,(H2,22,23,25,27). The summed E-state index contributed by atoms with van der Waals surface area (Å²) in [6, 6.07) is 10.0. The molecule has 3 amide bonds. The Morgan fingerprint density at radius 3 is 2.39 bits per heavy atom. The van der Waals surface area contributed by atoms with Crippen molar-refractivity contribution in [3.8, 4) is 0 Å². The van der Waals surface area contributed by atoms with Crippen molar-refractivity contribution in [1.29, 1.82) is 0 Å². The van der Waals surface area contributed by atoms with Crippen LogP contribution in [0, 0.1) is 13.8 Å². The molecule has 0 atom stereocenters. The average Bonchev–Trinajstić information content (AvgIpc) is 2.65. The van der Waals surface area contributed by atoms with Gasteiger partial charge in [-0.1, -0.05) is 18.2 Å². The van der Waals surface area contributed by atoms with E-state index in [9.17, 15) is 22.8 Å². The van der Waals surface area contributed by atoms with Gasteiger partial charge in [0.15, 0.2) is 6.61 Å². The number of hydrogen-bond donors (Lipinski definition) is 3. The van der Waals surface area contributed by atoms with E-state index in [0.29, 0.717) is 11.3 Å². The molecule has 0 bridgehead atoms. The lowest BCUT2D eigenvalue weighted by Crippen LogP contribution is -2.44. The molecular formula is C21H25N3O6S. The number of hydrogen-bond acceptors (Lipinski definition) is 6. The second-order valence-electron chi connectivity index (χ2n) is 7.21. The number of sulfonamides is 1. The molecule has 2 aromatic carbocycles. The Balaban J connectivity index is 2.10. The Labute approximate surface area is 181 Å². The van der Waals surface area contributed by atoms with Crippen LogP contribution in [0.5, 0.6) is 0 Å². The summed E-state index contributed by atoms with van der Waals surface area (Å²) >= 11 is 0. The van der Waals surface area contributed by atoms with E-state index >= 15 is 0 Å². The van der Waals surface area contributed by atoms with Crippen molar-refractivity contribution in [3.63, 3.8) is 0 Å². The first-order valence-electron chi connectivity index (χ1n) is 9.45. The van der Waals surface area contributed by atoms with Crippen molar-refractivity contribution < 1.29 is 27.5 Å². The number of benzene rings is 2. The highest BCUT2D eigenvalue weighted by atomic mass is 32.2. The molecule has 10 heteroatoms. The molecule has 0 radical (unpaired) electrons. The Kier molecular flexibility index (Phi) is 7.76. The molecule has 2 aromatic rings. The quantitative estimate of drug-likeness (QED) is 0.559. The van der Waals surface area contributed by atoms with Crippen LogP contribution in [0.1, 0.15) is 35.3 Å². The van der Waals surface area contributed by atoms with Crippen LogP contribution in [-0.4, -0.2) is 39.0 Å². The number of urea groups is 1. The smallest absolute Gasteiger partial charge is 0.338 e. The summed E-state index contributed by atoms with van der Waals surface area (Å²) < 4.78 is 33.0. The molecular weight excluding hydrogens is 422 g/mol. The minimum atomic E-state index is -3.97. The van der Waals surface area contributed by atoms with Gasteiger partial charge in [-0.25, -0.2) is 18.0 Å². The van der Waals surface area contributed by atoms with E-state index in [-0.39, 0.29) is 16.5 Å². The van der Waals surface area contributed by atoms with Crippen LogP contribution >= 0.6 is 0 Å². The molecule has 0 saturated carbocycles. The number of ether oxygens (including phenoxy) is 1. The zero-order valence-corrected chi connectivity index (χ0v) is 18.5. The first-order chi connectivity index (χ1) is 14.5. The lowest BCUT2D eigenvalue weighted by Gasteiger charge is -2.12. The van der Waals surface area contributed by atoms with E-state index in [1.165, 1.54) is 18.2 Å². The minimum absolute atomic E-state index is 0.0466. The van der Waals surface area contributed by atoms with E-state index in [1.807, 2.05) is 18.3 Å². The molecule has 3 N–H and O–H groups in total. The van der Waals surface area contributed by atoms with Gasteiger partial charge in [0.05, 0.1) is 10.5 Å². The molecule has 0 aliphatic heterocycles. The molecule has 0 heterocycles. The molecule has 0 aliphatic carbocycles. The van der Waals surface area contributed by atoms with Gasteiger partial charge in [-0.15, -0.1) is 0 Å². The van der Waals surface area contributed by atoms with Crippen LogP contribution in [0.25, 0.3) is 0 Å². The highest BCUT2D eigenvalue weighted by Gasteiger charge is 2.21. The number of aryl methyl sites for hydroxylation is 2. The van der Waals surface area contributed by atoms with E-state index in [4.69, 9.17) is 4.74 Å². The molecule has 0 aliphatic rings. The Bertz CT molecular complexity index is 1100. The Morgan fingerprint density at radius 2 is 1.74 bits per heavy atom. The van der Waals surface area contributed by atoms with Crippen LogP contribution in [0.15, 0.2) is 47.4 Å². The maximum atomic E-state index is 12.8. The predicted octanol–water partition coefficient (Wildman–Crippen LogP) is 2.50. The fourth-order valence-corrected chi connectivity index (χ4v) is 3.93. The van der Waals surface area contributed by atoms with E-state index in [0.717, 1.165) is 5.56 Å². The summed E-state index contributed by atoms with van der Waals surface area (Å²) in [6.45, 7) is 6.19. The van der Waals surface area contributed by atoms with Gasteiger partial charge in [0.1, 0.15) is 0 Å². The largest absolute Gasteiger partial charge is 0.452 e. The molecule has 0 saturated heterocycles. The van der Waals surface area contributed by atoms with Crippen molar-refractivity contribution in [2.75, 3.05) is 11.3 Å². The number of rotatable bonds is 7. The van der Waals surface area contributed by atoms with Gasteiger partial charge in [0, 0.05) is 11.7 Å². The van der Waals surface area contributed by atoms with Crippen molar-refractivity contribution >= 4 is 33.6 Å². The molecule has 0 unspecified atom stereocenters.